The van der Waals surface area contributed by atoms with Gasteiger partial charge in [-0.25, -0.2) is 0 Å². The molecule has 1 aromatic rings. The maximum absolute atomic E-state index is 3.93. The summed E-state index contributed by atoms with van der Waals surface area (Å²) in [6.45, 7) is 6.00. The van der Waals surface area contributed by atoms with Gasteiger partial charge in [0.05, 0.1) is 0 Å². The topological polar surface area (TPSA) is 37.2 Å². The van der Waals surface area contributed by atoms with Crippen molar-refractivity contribution < 1.29 is 0 Å². The third-order valence-electron chi connectivity index (χ3n) is 4.79. The van der Waals surface area contributed by atoms with E-state index < -0.39 is 0 Å². The molecule has 3 rings (SSSR count). The molecule has 1 saturated heterocycles. The summed E-state index contributed by atoms with van der Waals surface area (Å²) in [6, 6.07) is 0.768. The lowest BCUT2D eigenvalue weighted by Crippen LogP contribution is -2.52. The first-order chi connectivity index (χ1) is 9.33. The molecule has 5 nitrogen and oxygen atoms in total. The predicted octanol–water partition coefficient (Wildman–Crippen LogP) is 1.08. The van der Waals surface area contributed by atoms with Crippen molar-refractivity contribution in [3.63, 3.8) is 0 Å². The normalized spacial score (nSPS) is 30.6. The van der Waals surface area contributed by atoms with Crippen LogP contribution in [0.15, 0.2) is 12.7 Å². The molecule has 1 aliphatic heterocycles. The van der Waals surface area contributed by atoms with E-state index in [4.69, 9.17) is 0 Å². The van der Waals surface area contributed by atoms with Crippen LogP contribution in [0.5, 0.6) is 0 Å². The predicted molar refractivity (Wildman–Crippen MR) is 74.8 cm³/mol. The van der Waals surface area contributed by atoms with Gasteiger partial charge in [0, 0.05) is 38.8 Å². The van der Waals surface area contributed by atoms with E-state index in [1.807, 2.05) is 12.7 Å². The van der Waals surface area contributed by atoms with Crippen LogP contribution in [0.3, 0.4) is 0 Å². The standard InChI is InChI=1S/C14H25N5/c1-17-6-8-19(9-7-17)14-5-3-2-4-13(14)10-18-11-15-16-12-18/h11-14H,2-10H2,1H3. The summed E-state index contributed by atoms with van der Waals surface area (Å²) in [7, 11) is 2.23. The zero-order chi connectivity index (χ0) is 13.1. The van der Waals surface area contributed by atoms with E-state index in [2.05, 4.69) is 31.6 Å². The van der Waals surface area contributed by atoms with Gasteiger partial charge in [0.15, 0.2) is 0 Å². The third kappa shape index (κ3) is 3.15. The maximum Gasteiger partial charge on any atom is 0.119 e. The van der Waals surface area contributed by atoms with Gasteiger partial charge in [-0.05, 0) is 25.8 Å². The molecule has 0 spiro atoms. The number of hydrogen-bond acceptors (Lipinski definition) is 4. The van der Waals surface area contributed by atoms with Crippen LogP contribution in [0.1, 0.15) is 25.7 Å². The summed E-state index contributed by atoms with van der Waals surface area (Å²) in [5, 5.41) is 7.86. The van der Waals surface area contributed by atoms with Gasteiger partial charge in [-0.15, -0.1) is 10.2 Å². The van der Waals surface area contributed by atoms with E-state index >= 15 is 0 Å². The van der Waals surface area contributed by atoms with Gasteiger partial charge in [0.1, 0.15) is 12.7 Å². The van der Waals surface area contributed by atoms with Crippen molar-refractivity contribution in [1.29, 1.82) is 0 Å². The van der Waals surface area contributed by atoms with E-state index in [9.17, 15) is 0 Å². The summed E-state index contributed by atoms with van der Waals surface area (Å²) in [6.07, 6.45) is 9.23. The molecule has 2 atom stereocenters. The molecule has 0 aromatic carbocycles. The van der Waals surface area contributed by atoms with E-state index in [1.165, 1.54) is 51.9 Å². The molecule has 0 bridgehead atoms. The Labute approximate surface area is 115 Å². The van der Waals surface area contributed by atoms with Crippen molar-refractivity contribution in [3.8, 4) is 0 Å². The van der Waals surface area contributed by atoms with E-state index in [1.54, 1.807) is 0 Å². The first kappa shape index (κ1) is 13.1. The molecule has 2 fully saturated rings. The molecule has 2 heterocycles. The van der Waals surface area contributed by atoms with Crippen molar-refractivity contribution in [2.45, 2.75) is 38.3 Å². The molecule has 1 aromatic heterocycles. The first-order valence-corrected chi connectivity index (χ1v) is 7.58. The summed E-state index contributed by atoms with van der Waals surface area (Å²) in [4.78, 5) is 5.17. The number of aromatic nitrogens is 3. The molecule has 5 heteroatoms. The molecule has 0 N–H and O–H groups in total. The molecule has 1 saturated carbocycles. The molecule has 1 aliphatic carbocycles. The molecular formula is C14H25N5. The average molecular weight is 263 g/mol. The Kier molecular flexibility index (Phi) is 4.13. The van der Waals surface area contributed by atoms with Crippen LogP contribution in [-0.4, -0.2) is 63.8 Å². The average Bonchev–Trinajstić information content (AvgIpc) is 2.93. The van der Waals surface area contributed by atoms with Gasteiger partial charge in [0.2, 0.25) is 0 Å². The second kappa shape index (κ2) is 6.01. The first-order valence-electron chi connectivity index (χ1n) is 7.58. The number of rotatable bonds is 3. The lowest BCUT2D eigenvalue weighted by molar-refractivity contribution is 0.0521. The highest BCUT2D eigenvalue weighted by molar-refractivity contribution is 4.86. The molecule has 19 heavy (non-hydrogen) atoms. The number of likely N-dealkylation sites (N-methyl/N-ethyl adjacent to an activating group) is 1. The Bertz CT molecular complexity index is 369. The summed E-state index contributed by atoms with van der Waals surface area (Å²) in [5.74, 6) is 0.771. The Morgan fingerprint density at radius 1 is 1.00 bits per heavy atom. The van der Waals surface area contributed by atoms with Crippen LogP contribution >= 0.6 is 0 Å². The van der Waals surface area contributed by atoms with Crippen LogP contribution in [0.2, 0.25) is 0 Å². The number of hydrogen-bond donors (Lipinski definition) is 0. The Hall–Kier alpha value is -0.940. The maximum atomic E-state index is 3.93. The van der Waals surface area contributed by atoms with Crippen molar-refractivity contribution in [2.24, 2.45) is 5.92 Å². The smallest absolute Gasteiger partial charge is 0.119 e. The molecule has 106 valence electrons. The fraction of sp³-hybridized carbons (Fsp3) is 0.857. The summed E-state index contributed by atoms with van der Waals surface area (Å²) >= 11 is 0. The van der Waals surface area contributed by atoms with Crippen LogP contribution in [-0.2, 0) is 6.54 Å². The van der Waals surface area contributed by atoms with E-state index in [0.717, 1.165) is 18.5 Å². The van der Waals surface area contributed by atoms with Crippen LogP contribution in [0.4, 0.5) is 0 Å². The van der Waals surface area contributed by atoms with E-state index in [-0.39, 0.29) is 0 Å². The highest BCUT2D eigenvalue weighted by Crippen LogP contribution is 2.30. The van der Waals surface area contributed by atoms with E-state index in [0.29, 0.717) is 0 Å². The zero-order valence-electron chi connectivity index (χ0n) is 11.9. The van der Waals surface area contributed by atoms with Crippen LogP contribution < -0.4 is 0 Å². The highest BCUT2D eigenvalue weighted by atomic mass is 15.3. The van der Waals surface area contributed by atoms with Gasteiger partial charge in [0.25, 0.3) is 0 Å². The van der Waals surface area contributed by atoms with Gasteiger partial charge < -0.3 is 9.47 Å². The van der Waals surface area contributed by atoms with Crippen molar-refractivity contribution >= 4 is 0 Å². The molecule has 2 aliphatic rings. The minimum absolute atomic E-state index is 0.768. The van der Waals surface area contributed by atoms with Crippen LogP contribution in [0, 0.1) is 5.92 Å². The Balaban J connectivity index is 1.63. The second-order valence-corrected chi connectivity index (χ2v) is 6.11. The molecular weight excluding hydrogens is 238 g/mol. The fourth-order valence-electron chi connectivity index (χ4n) is 3.62. The number of nitrogens with zero attached hydrogens (tertiary/aromatic N) is 5. The van der Waals surface area contributed by atoms with Gasteiger partial charge in [-0.3, -0.25) is 4.90 Å². The minimum Gasteiger partial charge on any atom is -0.320 e. The zero-order valence-corrected chi connectivity index (χ0v) is 11.9. The minimum atomic E-state index is 0.768. The fourth-order valence-corrected chi connectivity index (χ4v) is 3.62. The molecule has 2 unspecified atom stereocenters. The van der Waals surface area contributed by atoms with Gasteiger partial charge in [-0.2, -0.15) is 0 Å². The lowest BCUT2D eigenvalue weighted by atomic mass is 9.83. The Morgan fingerprint density at radius 3 is 2.42 bits per heavy atom. The SMILES string of the molecule is CN1CCN(C2CCCCC2Cn2cnnc2)CC1. The molecule has 0 radical (unpaired) electrons. The monoisotopic (exact) mass is 263 g/mol. The van der Waals surface area contributed by atoms with Crippen molar-refractivity contribution in [3.05, 3.63) is 12.7 Å². The summed E-state index contributed by atoms with van der Waals surface area (Å²) < 4.78 is 2.15. The summed E-state index contributed by atoms with van der Waals surface area (Å²) in [5.41, 5.74) is 0. The van der Waals surface area contributed by atoms with Gasteiger partial charge >= 0.3 is 0 Å². The Morgan fingerprint density at radius 2 is 1.68 bits per heavy atom. The largest absolute Gasteiger partial charge is 0.320 e. The third-order valence-corrected chi connectivity index (χ3v) is 4.79. The van der Waals surface area contributed by atoms with Crippen molar-refractivity contribution in [1.82, 2.24) is 24.6 Å². The lowest BCUT2D eigenvalue weighted by Gasteiger charge is -2.43. The number of piperazine rings is 1. The van der Waals surface area contributed by atoms with Crippen LogP contribution in [0.25, 0.3) is 0 Å². The van der Waals surface area contributed by atoms with Crippen molar-refractivity contribution in [2.75, 3.05) is 33.2 Å². The highest BCUT2D eigenvalue weighted by Gasteiger charge is 2.31. The molecule has 0 amide bonds. The quantitative estimate of drug-likeness (QED) is 0.818. The second-order valence-electron chi connectivity index (χ2n) is 6.11. The van der Waals surface area contributed by atoms with Gasteiger partial charge in [-0.1, -0.05) is 12.8 Å².